The number of rotatable bonds is 16. The van der Waals surface area contributed by atoms with Crippen molar-refractivity contribution in [3.8, 4) is 6.07 Å². The number of hydrogen-bond acceptors (Lipinski definition) is 6. The van der Waals surface area contributed by atoms with Crippen molar-refractivity contribution in [3.63, 3.8) is 0 Å². The molecule has 6 nitrogen and oxygen atoms in total. The molecular weight excluding hydrogens is 460 g/mol. The molecule has 4 atom stereocenters. The smallest absolute Gasteiger partial charge is 0.312 e. The van der Waals surface area contributed by atoms with Crippen LogP contribution in [0.5, 0.6) is 0 Å². The fourth-order valence-electron chi connectivity index (χ4n) is 4.74. The van der Waals surface area contributed by atoms with Crippen molar-refractivity contribution in [1.29, 1.82) is 5.26 Å². The number of carboxylic acids is 1. The van der Waals surface area contributed by atoms with Crippen LogP contribution in [0.25, 0.3) is 0 Å². The third-order valence-corrected chi connectivity index (χ3v) is 8.25. The Morgan fingerprint density at radius 2 is 1.77 bits per heavy atom. The summed E-state index contributed by atoms with van der Waals surface area (Å²) in [5.41, 5.74) is -2.59. The molecule has 1 aromatic heterocycles. The van der Waals surface area contributed by atoms with Gasteiger partial charge in [-0.15, -0.1) is 11.3 Å². The van der Waals surface area contributed by atoms with E-state index in [1.807, 2.05) is 51.1 Å². The predicted molar refractivity (Wildman–Crippen MR) is 143 cm³/mol. The van der Waals surface area contributed by atoms with Gasteiger partial charge in [0.2, 0.25) is 0 Å². The highest BCUT2D eigenvalue weighted by molar-refractivity contribution is 7.10. The quantitative estimate of drug-likeness (QED) is 0.232. The van der Waals surface area contributed by atoms with Crippen LogP contribution in [0, 0.1) is 34.0 Å². The standard InChI is InChI=1S/C28H48N2O4S/c1-10-13-21(26(5,6)18-29)17-28(9,25(32)33)23(14-11-2)34-30(27(7,8)19-31)24(20(3)4)22-15-12-16-35-22/h12,15-16,20-21,23-24,31H,10-11,13-14,17,19H2,1-9H3,(H,32,33). The first-order valence-corrected chi connectivity index (χ1v) is 13.8. The highest BCUT2D eigenvalue weighted by Crippen LogP contribution is 2.45. The van der Waals surface area contributed by atoms with E-state index in [2.05, 4.69) is 32.9 Å². The number of hydroxylamine groups is 2. The number of aliphatic hydroxyl groups is 1. The molecule has 0 aromatic carbocycles. The van der Waals surface area contributed by atoms with Crippen LogP contribution in [0.1, 0.15) is 105 Å². The minimum Gasteiger partial charge on any atom is -0.481 e. The number of nitrogens with zero attached hydrogens (tertiary/aromatic N) is 2. The maximum absolute atomic E-state index is 12.9. The maximum Gasteiger partial charge on any atom is 0.312 e. The second-order valence-electron chi connectivity index (χ2n) is 11.6. The van der Waals surface area contributed by atoms with Gasteiger partial charge >= 0.3 is 5.97 Å². The summed E-state index contributed by atoms with van der Waals surface area (Å²) in [4.78, 5) is 20.8. The number of aliphatic hydroxyl groups excluding tert-OH is 1. The van der Waals surface area contributed by atoms with Gasteiger partial charge in [-0.1, -0.05) is 46.6 Å². The normalized spacial score (nSPS) is 17.1. The van der Waals surface area contributed by atoms with E-state index in [0.29, 0.717) is 12.8 Å². The van der Waals surface area contributed by atoms with Crippen molar-refractivity contribution in [1.82, 2.24) is 5.06 Å². The van der Waals surface area contributed by atoms with Crippen LogP contribution >= 0.6 is 11.3 Å². The Labute approximate surface area is 217 Å². The molecule has 1 aromatic rings. The Kier molecular flexibility index (Phi) is 11.9. The first kappa shape index (κ1) is 31.6. The van der Waals surface area contributed by atoms with Gasteiger partial charge in [0.05, 0.1) is 41.2 Å². The molecule has 1 heterocycles. The van der Waals surface area contributed by atoms with Crippen LogP contribution in [0.4, 0.5) is 0 Å². The lowest BCUT2D eigenvalue weighted by Crippen LogP contribution is -2.55. The first-order chi connectivity index (χ1) is 16.2. The lowest BCUT2D eigenvalue weighted by molar-refractivity contribution is -0.302. The van der Waals surface area contributed by atoms with Gasteiger partial charge in [-0.05, 0) is 77.2 Å². The van der Waals surface area contributed by atoms with Crippen molar-refractivity contribution >= 4 is 17.3 Å². The van der Waals surface area contributed by atoms with Crippen LogP contribution in [-0.2, 0) is 9.63 Å². The van der Waals surface area contributed by atoms with Crippen molar-refractivity contribution < 1.29 is 19.8 Å². The molecular formula is C28H48N2O4S. The van der Waals surface area contributed by atoms with Gasteiger partial charge in [-0.2, -0.15) is 10.3 Å². The Morgan fingerprint density at radius 3 is 2.17 bits per heavy atom. The summed E-state index contributed by atoms with van der Waals surface area (Å²) in [6, 6.07) is 6.34. The third kappa shape index (κ3) is 7.76. The third-order valence-electron chi connectivity index (χ3n) is 7.31. The van der Waals surface area contributed by atoms with Crippen LogP contribution in [-0.4, -0.2) is 39.5 Å². The minimum atomic E-state index is -1.20. The van der Waals surface area contributed by atoms with Gasteiger partial charge in [0.25, 0.3) is 0 Å². The molecule has 0 radical (unpaired) electrons. The summed E-state index contributed by atoms with van der Waals surface area (Å²) in [6.45, 7) is 17.6. The summed E-state index contributed by atoms with van der Waals surface area (Å²) in [6.07, 6.45) is 2.69. The highest BCUT2D eigenvalue weighted by Gasteiger charge is 2.49. The van der Waals surface area contributed by atoms with Crippen molar-refractivity contribution in [3.05, 3.63) is 22.4 Å². The number of nitriles is 1. The monoisotopic (exact) mass is 508 g/mol. The number of hydrogen-bond donors (Lipinski definition) is 2. The number of carbonyl (C=O) groups is 1. The van der Waals surface area contributed by atoms with Gasteiger partial charge in [-0.3, -0.25) is 9.63 Å². The number of thiophene rings is 1. The number of carboxylic acid groups (broad SMARTS) is 1. The van der Waals surface area contributed by atoms with E-state index >= 15 is 0 Å². The van der Waals surface area contributed by atoms with E-state index in [-0.39, 0.29) is 24.5 Å². The topological polar surface area (TPSA) is 93.8 Å². The van der Waals surface area contributed by atoms with Gasteiger partial charge in [-0.25, -0.2) is 0 Å². The molecule has 0 bridgehead atoms. The molecule has 0 spiro atoms. The Hall–Kier alpha value is -1.46. The summed E-state index contributed by atoms with van der Waals surface area (Å²) in [5.74, 6) is -0.827. The Bertz CT molecular complexity index is 815. The SMILES string of the molecule is CCCC(CC(C)(C(=O)O)C(CCC)ON(C(c1cccs1)C(C)C)C(C)(C)CO)C(C)(C)C#N. The van der Waals surface area contributed by atoms with Gasteiger partial charge in [0, 0.05) is 4.88 Å². The lowest BCUT2D eigenvalue weighted by Gasteiger charge is -2.48. The van der Waals surface area contributed by atoms with E-state index in [1.54, 1.807) is 18.3 Å². The van der Waals surface area contributed by atoms with Crippen molar-refractivity contribution in [2.75, 3.05) is 6.61 Å². The molecule has 0 saturated heterocycles. The van der Waals surface area contributed by atoms with Crippen LogP contribution < -0.4 is 0 Å². The van der Waals surface area contributed by atoms with Gasteiger partial charge < -0.3 is 10.2 Å². The summed E-state index contributed by atoms with van der Waals surface area (Å²) >= 11 is 1.64. The molecule has 4 unspecified atom stereocenters. The summed E-state index contributed by atoms with van der Waals surface area (Å²) in [7, 11) is 0. The second-order valence-corrected chi connectivity index (χ2v) is 12.6. The van der Waals surface area contributed by atoms with E-state index < -0.39 is 28.4 Å². The van der Waals surface area contributed by atoms with Crippen LogP contribution in [0.15, 0.2) is 17.5 Å². The average Bonchev–Trinajstić information content (AvgIpc) is 3.31. The molecule has 0 amide bonds. The highest BCUT2D eigenvalue weighted by atomic mass is 32.1. The summed E-state index contributed by atoms with van der Waals surface area (Å²) < 4.78 is 0. The zero-order valence-corrected chi connectivity index (χ0v) is 24.1. The van der Waals surface area contributed by atoms with Gasteiger partial charge in [0.15, 0.2) is 0 Å². The van der Waals surface area contributed by atoms with E-state index in [0.717, 1.165) is 24.1 Å². The lowest BCUT2D eigenvalue weighted by atomic mass is 9.66. The molecule has 7 heteroatoms. The number of aliphatic carboxylic acids is 1. The van der Waals surface area contributed by atoms with E-state index in [4.69, 9.17) is 4.84 Å². The maximum atomic E-state index is 12.9. The van der Waals surface area contributed by atoms with Crippen LogP contribution in [0.3, 0.4) is 0 Å². The van der Waals surface area contributed by atoms with Crippen LogP contribution in [0.2, 0.25) is 0 Å². The fraction of sp³-hybridized carbons (Fsp3) is 0.786. The first-order valence-electron chi connectivity index (χ1n) is 13.0. The molecule has 35 heavy (non-hydrogen) atoms. The fourth-order valence-corrected chi connectivity index (χ4v) is 5.72. The molecule has 1 rings (SSSR count). The Balaban J connectivity index is 3.58. The van der Waals surface area contributed by atoms with E-state index in [9.17, 15) is 20.3 Å². The summed E-state index contributed by atoms with van der Waals surface area (Å²) in [5, 5.41) is 34.6. The van der Waals surface area contributed by atoms with Gasteiger partial charge in [0.1, 0.15) is 0 Å². The predicted octanol–water partition coefficient (Wildman–Crippen LogP) is 7.07. The molecule has 2 N–H and O–H groups in total. The van der Waals surface area contributed by atoms with Crippen molar-refractivity contribution in [2.45, 2.75) is 112 Å². The molecule has 0 saturated carbocycles. The Morgan fingerprint density at radius 1 is 1.17 bits per heavy atom. The molecule has 200 valence electrons. The minimum absolute atomic E-state index is 0.0842. The van der Waals surface area contributed by atoms with Crippen molar-refractivity contribution in [2.24, 2.45) is 22.7 Å². The molecule has 0 fully saturated rings. The molecule has 0 aliphatic rings. The zero-order valence-electron chi connectivity index (χ0n) is 23.3. The molecule has 0 aliphatic carbocycles. The zero-order chi connectivity index (χ0) is 27.0. The largest absolute Gasteiger partial charge is 0.481 e. The average molecular weight is 509 g/mol. The van der Waals surface area contributed by atoms with E-state index in [1.165, 1.54) is 0 Å². The second kappa shape index (κ2) is 13.2. The molecule has 0 aliphatic heterocycles.